The molecule has 1 spiro atoms. The van der Waals surface area contributed by atoms with Crippen LogP contribution in [0, 0.1) is 5.41 Å². The first-order valence-electron chi connectivity index (χ1n) is 12.3. The first kappa shape index (κ1) is 25.1. The molecule has 1 aliphatic heterocycles. The Labute approximate surface area is 209 Å². The number of thioether (sulfide) groups is 1. The Balaban J connectivity index is 0.00000272. The Morgan fingerprint density at radius 2 is 1.90 bits per heavy atom. The highest BCUT2D eigenvalue weighted by Crippen LogP contribution is 2.43. The van der Waals surface area contributed by atoms with E-state index in [-0.39, 0.29) is 24.0 Å². The molecule has 2 heterocycles. The predicted molar refractivity (Wildman–Crippen MR) is 141 cm³/mol. The van der Waals surface area contributed by atoms with Crippen molar-refractivity contribution in [3.63, 3.8) is 0 Å². The van der Waals surface area contributed by atoms with Crippen molar-refractivity contribution in [2.45, 2.75) is 95.2 Å². The van der Waals surface area contributed by atoms with E-state index in [1.54, 1.807) is 11.8 Å². The van der Waals surface area contributed by atoms with E-state index in [9.17, 15) is 0 Å². The molecular formula is C23H41IN6S. The molecule has 8 heteroatoms. The van der Waals surface area contributed by atoms with E-state index >= 15 is 0 Å². The van der Waals surface area contributed by atoms with Crippen LogP contribution in [-0.4, -0.2) is 58.1 Å². The molecule has 0 amide bonds. The Kier molecular flexibility index (Phi) is 9.80. The van der Waals surface area contributed by atoms with Gasteiger partial charge in [0.1, 0.15) is 5.82 Å². The van der Waals surface area contributed by atoms with Gasteiger partial charge in [-0.1, -0.05) is 43.9 Å². The number of nitrogens with zero attached hydrogens (tertiary/aromatic N) is 5. The van der Waals surface area contributed by atoms with Crippen molar-refractivity contribution in [1.29, 1.82) is 0 Å². The lowest BCUT2D eigenvalue weighted by atomic mass is 9.73. The lowest BCUT2D eigenvalue weighted by Crippen LogP contribution is -2.41. The predicted octanol–water partition coefficient (Wildman–Crippen LogP) is 5.29. The lowest BCUT2D eigenvalue weighted by molar-refractivity contribution is 0.203. The van der Waals surface area contributed by atoms with Gasteiger partial charge in [0, 0.05) is 38.6 Å². The van der Waals surface area contributed by atoms with Gasteiger partial charge in [-0.05, 0) is 57.1 Å². The largest absolute Gasteiger partial charge is 0.357 e. The maximum atomic E-state index is 5.01. The number of aryl methyl sites for hydroxylation is 1. The minimum atomic E-state index is 0. The summed E-state index contributed by atoms with van der Waals surface area (Å²) in [6, 6.07) is 0.606. The second-order valence-electron chi connectivity index (χ2n) is 9.48. The maximum Gasteiger partial charge on any atom is 0.193 e. The van der Waals surface area contributed by atoms with Gasteiger partial charge in [0.25, 0.3) is 0 Å². The molecule has 1 aromatic heterocycles. The van der Waals surface area contributed by atoms with Crippen LogP contribution in [0.5, 0.6) is 0 Å². The number of rotatable bonds is 7. The first-order chi connectivity index (χ1) is 14.7. The molecular weight excluding hydrogens is 519 g/mol. The number of halogens is 1. The van der Waals surface area contributed by atoms with Crippen LogP contribution in [-0.2, 0) is 6.42 Å². The quantitative estimate of drug-likeness (QED) is 0.162. The lowest BCUT2D eigenvalue weighted by Gasteiger charge is -2.33. The summed E-state index contributed by atoms with van der Waals surface area (Å²) in [5, 5.41) is 13.6. The van der Waals surface area contributed by atoms with Gasteiger partial charge < -0.3 is 14.8 Å². The van der Waals surface area contributed by atoms with Crippen LogP contribution < -0.4 is 5.32 Å². The van der Waals surface area contributed by atoms with Gasteiger partial charge in [0.2, 0.25) is 0 Å². The van der Waals surface area contributed by atoms with E-state index in [1.165, 1.54) is 77.3 Å². The smallest absolute Gasteiger partial charge is 0.193 e. The van der Waals surface area contributed by atoms with Crippen LogP contribution in [0.3, 0.4) is 0 Å². The van der Waals surface area contributed by atoms with Crippen molar-refractivity contribution in [3.8, 4) is 0 Å². The van der Waals surface area contributed by atoms with Crippen LogP contribution in [0.1, 0.15) is 89.4 Å². The second kappa shape index (κ2) is 12.1. The second-order valence-corrected chi connectivity index (χ2v) is 10.3. The van der Waals surface area contributed by atoms with Crippen LogP contribution in [0.4, 0.5) is 0 Å². The first-order valence-corrected chi connectivity index (χ1v) is 13.5. The van der Waals surface area contributed by atoms with Gasteiger partial charge in [0.05, 0.1) is 0 Å². The Morgan fingerprint density at radius 1 is 1.13 bits per heavy atom. The summed E-state index contributed by atoms with van der Waals surface area (Å²) in [5.74, 6) is 2.29. The zero-order valence-electron chi connectivity index (χ0n) is 19.4. The molecule has 0 aromatic carbocycles. The number of nitrogens with one attached hydrogen (secondary N) is 1. The summed E-state index contributed by atoms with van der Waals surface area (Å²) in [7, 11) is 0. The number of guanidine groups is 1. The number of aliphatic imine (C=N–C) groups is 1. The van der Waals surface area contributed by atoms with Crippen molar-refractivity contribution in [2.24, 2.45) is 10.4 Å². The van der Waals surface area contributed by atoms with Crippen molar-refractivity contribution in [1.82, 2.24) is 25.0 Å². The summed E-state index contributed by atoms with van der Waals surface area (Å²) in [4.78, 5) is 7.54. The van der Waals surface area contributed by atoms with Crippen LogP contribution in [0.25, 0.3) is 0 Å². The molecule has 0 atom stereocenters. The maximum absolute atomic E-state index is 5.01. The van der Waals surface area contributed by atoms with Crippen LogP contribution >= 0.6 is 35.7 Å². The van der Waals surface area contributed by atoms with Crippen molar-refractivity contribution < 1.29 is 0 Å². The van der Waals surface area contributed by atoms with Gasteiger partial charge in [-0.15, -0.1) is 34.2 Å². The summed E-state index contributed by atoms with van der Waals surface area (Å²) >= 11 is 1.73. The van der Waals surface area contributed by atoms with Gasteiger partial charge in [0.15, 0.2) is 11.1 Å². The highest BCUT2D eigenvalue weighted by Gasteiger charge is 2.39. The summed E-state index contributed by atoms with van der Waals surface area (Å²) < 4.78 is 2.43. The molecule has 176 valence electrons. The van der Waals surface area contributed by atoms with Gasteiger partial charge in [-0.3, -0.25) is 4.99 Å². The average molecular weight is 561 g/mol. The summed E-state index contributed by atoms with van der Waals surface area (Å²) in [5.41, 5.74) is 0.570. The molecule has 0 unspecified atom stereocenters. The van der Waals surface area contributed by atoms with Gasteiger partial charge in [-0.2, -0.15) is 0 Å². The van der Waals surface area contributed by atoms with E-state index in [0.29, 0.717) is 11.5 Å². The number of hydrogen-bond donors (Lipinski definition) is 1. The monoisotopic (exact) mass is 560 g/mol. The Hall–Kier alpha value is -0.510. The van der Waals surface area contributed by atoms with Gasteiger partial charge in [-0.25, -0.2) is 0 Å². The van der Waals surface area contributed by atoms with Crippen molar-refractivity contribution in [3.05, 3.63) is 5.82 Å². The van der Waals surface area contributed by atoms with E-state index in [4.69, 9.17) is 4.99 Å². The van der Waals surface area contributed by atoms with Crippen molar-refractivity contribution >= 4 is 41.7 Å². The molecule has 0 bridgehead atoms. The summed E-state index contributed by atoms with van der Waals surface area (Å²) in [6.07, 6.45) is 17.8. The summed E-state index contributed by atoms with van der Waals surface area (Å²) in [6.45, 7) is 6.34. The molecule has 2 saturated carbocycles. The highest BCUT2D eigenvalue weighted by atomic mass is 127. The van der Waals surface area contributed by atoms with Crippen LogP contribution in [0.2, 0.25) is 0 Å². The topological polar surface area (TPSA) is 58.3 Å². The third kappa shape index (κ3) is 6.09. The van der Waals surface area contributed by atoms with E-state index in [0.717, 1.165) is 42.9 Å². The van der Waals surface area contributed by atoms with E-state index in [2.05, 4.69) is 38.2 Å². The number of hydrogen-bond acceptors (Lipinski definition) is 4. The fourth-order valence-corrected chi connectivity index (χ4v) is 6.39. The normalized spacial score (nSPS) is 21.6. The molecule has 3 aliphatic rings. The molecule has 1 N–H and O–H groups in total. The minimum Gasteiger partial charge on any atom is -0.357 e. The molecule has 3 fully saturated rings. The van der Waals surface area contributed by atoms with Crippen molar-refractivity contribution in [2.75, 3.05) is 32.4 Å². The standard InChI is InChI=1S/C23H40N6S.HI/c1-3-24-21(28-17-15-23(18-28)13-7-4-8-14-23)25-16-9-12-20-26-27-22(30-2)29(20)19-10-5-6-11-19;/h19H,3-18H2,1-2H3,(H,24,25);1H. The zero-order valence-corrected chi connectivity index (χ0v) is 22.6. The van der Waals surface area contributed by atoms with Gasteiger partial charge >= 0.3 is 0 Å². The SMILES string of the molecule is CCNC(=NCCCc1nnc(SC)n1C1CCCC1)N1CCC2(CCCCC2)C1.I. The number of likely N-dealkylation sites (tertiary alicyclic amines) is 1. The highest BCUT2D eigenvalue weighted by molar-refractivity contribution is 14.0. The Bertz CT molecular complexity index is 709. The third-order valence-electron chi connectivity index (χ3n) is 7.41. The molecule has 31 heavy (non-hydrogen) atoms. The molecule has 1 saturated heterocycles. The molecule has 6 nitrogen and oxygen atoms in total. The Morgan fingerprint density at radius 3 is 2.61 bits per heavy atom. The van der Waals surface area contributed by atoms with E-state index in [1.807, 2.05) is 0 Å². The van der Waals surface area contributed by atoms with Crippen LogP contribution in [0.15, 0.2) is 10.1 Å². The fourth-order valence-electron chi connectivity index (χ4n) is 5.82. The molecule has 2 aliphatic carbocycles. The molecule has 0 radical (unpaired) electrons. The number of aromatic nitrogens is 3. The average Bonchev–Trinajstić information content (AvgIpc) is 3.51. The molecule has 1 aromatic rings. The van der Waals surface area contributed by atoms with E-state index < -0.39 is 0 Å². The zero-order chi connectivity index (χ0) is 20.8. The third-order valence-corrected chi connectivity index (χ3v) is 8.06. The minimum absolute atomic E-state index is 0. The molecule has 4 rings (SSSR count). The fraction of sp³-hybridized carbons (Fsp3) is 0.870.